The quantitative estimate of drug-likeness (QED) is 0.636. The van der Waals surface area contributed by atoms with Crippen molar-refractivity contribution in [1.82, 2.24) is 0 Å². The minimum absolute atomic E-state index is 0.0709. The highest BCUT2D eigenvalue weighted by atomic mass is 19.2. The average molecular weight is 192 g/mol. The lowest BCUT2D eigenvalue weighted by Gasteiger charge is -2.38. The van der Waals surface area contributed by atoms with Crippen molar-refractivity contribution in [1.29, 1.82) is 0 Å². The Labute approximate surface area is 76.5 Å². The van der Waals surface area contributed by atoms with E-state index in [2.05, 4.69) is 4.74 Å². The van der Waals surface area contributed by atoms with Crippen molar-refractivity contribution in [2.24, 2.45) is 0 Å². The van der Waals surface area contributed by atoms with Crippen molar-refractivity contribution in [3.05, 3.63) is 12.3 Å². The molecular formula is C9H14F2O2. The van der Waals surface area contributed by atoms with Crippen LogP contribution in [0.5, 0.6) is 0 Å². The molecular weight excluding hydrogens is 178 g/mol. The van der Waals surface area contributed by atoms with Gasteiger partial charge in [0.15, 0.2) is 6.17 Å². The van der Waals surface area contributed by atoms with Gasteiger partial charge in [0.05, 0.1) is 12.9 Å². The second-order valence-electron chi connectivity index (χ2n) is 3.18. The minimum atomic E-state index is -2.12. The third-order valence-electron chi connectivity index (χ3n) is 1.95. The fourth-order valence-corrected chi connectivity index (χ4v) is 1.17. The summed E-state index contributed by atoms with van der Waals surface area (Å²) in [5.41, 5.74) is 0. The molecule has 0 aromatic rings. The highest BCUT2D eigenvalue weighted by molar-refractivity contribution is 4.88. The molecule has 3 atom stereocenters. The summed E-state index contributed by atoms with van der Waals surface area (Å²) in [6.07, 6.45) is 1.19. The van der Waals surface area contributed by atoms with E-state index in [0.29, 0.717) is 0 Å². The first-order chi connectivity index (χ1) is 6.08. The fraction of sp³-hybridized carbons (Fsp3) is 0.778. The minimum Gasteiger partial charge on any atom is -0.498 e. The molecule has 0 radical (unpaired) electrons. The van der Waals surface area contributed by atoms with Crippen LogP contribution in [0.15, 0.2) is 12.3 Å². The van der Waals surface area contributed by atoms with Gasteiger partial charge in [0, 0.05) is 6.42 Å². The molecule has 1 aliphatic rings. The molecule has 13 heavy (non-hydrogen) atoms. The Morgan fingerprint density at radius 1 is 1.77 bits per heavy atom. The van der Waals surface area contributed by atoms with Gasteiger partial charge in [-0.3, -0.25) is 0 Å². The lowest BCUT2D eigenvalue weighted by atomic mass is 10.0. The van der Waals surface area contributed by atoms with Gasteiger partial charge in [0.2, 0.25) is 5.85 Å². The van der Waals surface area contributed by atoms with Gasteiger partial charge in [-0.1, -0.05) is 6.08 Å². The summed E-state index contributed by atoms with van der Waals surface area (Å²) < 4.78 is 35.5. The number of halogens is 2. The van der Waals surface area contributed by atoms with Gasteiger partial charge >= 0.3 is 0 Å². The molecule has 1 heterocycles. The first kappa shape index (κ1) is 10.4. The van der Waals surface area contributed by atoms with Gasteiger partial charge < -0.3 is 9.47 Å². The number of hydrogen-bond acceptors (Lipinski definition) is 2. The molecule has 0 aromatic carbocycles. The van der Waals surface area contributed by atoms with Crippen molar-refractivity contribution in [2.45, 2.75) is 38.4 Å². The largest absolute Gasteiger partial charge is 0.498 e. The predicted octanol–water partition coefficient (Wildman–Crippen LogP) is 2.35. The Morgan fingerprint density at radius 3 is 2.85 bits per heavy atom. The van der Waals surface area contributed by atoms with E-state index in [1.807, 2.05) is 0 Å². The zero-order chi connectivity index (χ0) is 9.90. The van der Waals surface area contributed by atoms with Gasteiger partial charge in [-0.05, 0) is 13.8 Å². The SMILES string of the molecule is CC=COC(C)CC1(F)OCC1F. The monoisotopic (exact) mass is 192 g/mol. The first-order valence-corrected chi connectivity index (χ1v) is 4.32. The maximum absolute atomic E-state index is 13.3. The molecule has 1 saturated heterocycles. The summed E-state index contributed by atoms with van der Waals surface area (Å²) >= 11 is 0. The van der Waals surface area contributed by atoms with Crippen LogP contribution in [-0.4, -0.2) is 24.7 Å². The van der Waals surface area contributed by atoms with E-state index in [9.17, 15) is 8.78 Å². The molecule has 0 amide bonds. The third-order valence-corrected chi connectivity index (χ3v) is 1.95. The Bertz CT molecular complexity index is 196. The summed E-state index contributed by atoms with van der Waals surface area (Å²) in [5.74, 6) is -2.12. The van der Waals surface area contributed by atoms with E-state index in [4.69, 9.17) is 4.74 Å². The lowest BCUT2D eigenvalue weighted by Crippen LogP contribution is -2.53. The van der Waals surface area contributed by atoms with Crippen LogP contribution in [0.25, 0.3) is 0 Å². The molecule has 0 aromatic heterocycles. The van der Waals surface area contributed by atoms with Crippen molar-refractivity contribution < 1.29 is 18.3 Å². The fourth-order valence-electron chi connectivity index (χ4n) is 1.17. The molecule has 1 rings (SSSR count). The van der Waals surface area contributed by atoms with E-state index in [0.717, 1.165) is 0 Å². The second-order valence-corrected chi connectivity index (χ2v) is 3.18. The molecule has 76 valence electrons. The van der Waals surface area contributed by atoms with Crippen LogP contribution >= 0.6 is 0 Å². The molecule has 0 spiro atoms. The van der Waals surface area contributed by atoms with Crippen LogP contribution in [0.1, 0.15) is 20.3 Å². The molecule has 1 fully saturated rings. The zero-order valence-corrected chi connectivity index (χ0v) is 7.80. The van der Waals surface area contributed by atoms with E-state index < -0.39 is 12.0 Å². The van der Waals surface area contributed by atoms with E-state index in [1.54, 1.807) is 19.9 Å². The lowest BCUT2D eigenvalue weighted by molar-refractivity contribution is -0.294. The van der Waals surface area contributed by atoms with E-state index in [1.165, 1.54) is 6.26 Å². The van der Waals surface area contributed by atoms with Crippen LogP contribution in [0.4, 0.5) is 8.78 Å². The number of rotatable bonds is 4. The van der Waals surface area contributed by atoms with Crippen LogP contribution in [0.2, 0.25) is 0 Å². The maximum Gasteiger partial charge on any atom is 0.246 e. The summed E-state index contributed by atoms with van der Waals surface area (Å²) in [7, 11) is 0. The van der Waals surface area contributed by atoms with E-state index >= 15 is 0 Å². The van der Waals surface area contributed by atoms with Crippen molar-refractivity contribution >= 4 is 0 Å². The molecule has 0 N–H and O–H groups in total. The van der Waals surface area contributed by atoms with Crippen LogP contribution in [0, 0.1) is 0 Å². The summed E-state index contributed by atoms with van der Waals surface area (Å²) in [5, 5.41) is 0. The average Bonchev–Trinajstić information content (AvgIpc) is 2.12. The van der Waals surface area contributed by atoms with Gasteiger partial charge in [-0.15, -0.1) is 0 Å². The molecule has 2 nitrogen and oxygen atoms in total. The number of alkyl halides is 2. The molecule has 3 unspecified atom stereocenters. The van der Waals surface area contributed by atoms with Crippen LogP contribution < -0.4 is 0 Å². The van der Waals surface area contributed by atoms with Gasteiger partial charge in [0.1, 0.15) is 6.10 Å². The molecule has 4 heteroatoms. The second kappa shape index (κ2) is 4.05. The predicted molar refractivity (Wildman–Crippen MR) is 44.7 cm³/mol. The smallest absolute Gasteiger partial charge is 0.246 e. The van der Waals surface area contributed by atoms with Gasteiger partial charge in [-0.2, -0.15) is 0 Å². The van der Waals surface area contributed by atoms with Gasteiger partial charge in [0.25, 0.3) is 0 Å². The Kier molecular flexibility index (Phi) is 3.25. The molecule has 0 aliphatic carbocycles. The number of allylic oxidation sites excluding steroid dienone is 1. The Balaban J connectivity index is 2.30. The summed E-state index contributed by atoms with van der Waals surface area (Å²) in [6, 6.07) is 0. The highest BCUT2D eigenvalue weighted by Crippen LogP contribution is 2.36. The van der Waals surface area contributed by atoms with Crippen LogP contribution in [0.3, 0.4) is 0 Å². The first-order valence-electron chi connectivity index (χ1n) is 4.32. The normalized spacial score (nSPS) is 35.8. The zero-order valence-electron chi connectivity index (χ0n) is 7.80. The number of hydrogen-bond donors (Lipinski definition) is 0. The maximum atomic E-state index is 13.3. The Hall–Kier alpha value is -0.640. The molecule has 0 saturated carbocycles. The van der Waals surface area contributed by atoms with Crippen molar-refractivity contribution in [3.63, 3.8) is 0 Å². The molecule has 0 bridgehead atoms. The van der Waals surface area contributed by atoms with Crippen LogP contribution in [-0.2, 0) is 9.47 Å². The van der Waals surface area contributed by atoms with Crippen molar-refractivity contribution in [2.75, 3.05) is 6.61 Å². The van der Waals surface area contributed by atoms with Crippen molar-refractivity contribution in [3.8, 4) is 0 Å². The summed E-state index contributed by atoms with van der Waals surface area (Å²) in [6.45, 7) is 3.32. The molecule has 1 aliphatic heterocycles. The van der Waals surface area contributed by atoms with Gasteiger partial charge in [-0.25, -0.2) is 8.78 Å². The van der Waals surface area contributed by atoms with E-state index in [-0.39, 0.29) is 19.1 Å². The summed E-state index contributed by atoms with van der Waals surface area (Å²) in [4.78, 5) is 0. The topological polar surface area (TPSA) is 18.5 Å². The highest BCUT2D eigenvalue weighted by Gasteiger charge is 2.51. The number of ether oxygens (including phenoxy) is 2. The third kappa shape index (κ3) is 2.40. The standard InChI is InChI=1S/C9H14F2O2/c1-3-4-12-7(2)5-9(11)8(10)6-13-9/h3-4,7-8H,5-6H2,1-2H3. The Morgan fingerprint density at radius 2 is 2.46 bits per heavy atom.